The van der Waals surface area contributed by atoms with Crippen molar-refractivity contribution in [2.24, 2.45) is 11.5 Å². The highest BCUT2D eigenvalue weighted by Crippen LogP contribution is 2.04. The fourth-order valence-corrected chi connectivity index (χ4v) is 2.32. The Bertz CT molecular complexity index is 356. The summed E-state index contributed by atoms with van der Waals surface area (Å²) in [6.07, 6.45) is 2.16. The lowest BCUT2D eigenvalue weighted by atomic mass is 10.1. The highest BCUT2D eigenvalue weighted by Gasteiger charge is 2.21. The average Bonchev–Trinajstić information content (AvgIpc) is 2.57. The molecule has 8 heteroatoms. The van der Waals surface area contributed by atoms with E-state index < -0.39 is 12.0 Å². The van der Waals surface area contributed by atoms with Crippen molar-refractivity contribution in [3.8, 4) is 0 Å². The quantitative estimate of drug-likeness (QED) is 0.569. The Morgan fingerprint density at radius 3 is 2.08 bits per heavy atom. The van der Waals surface area contributed by atoms with Gasteiger partial charge in [0.05, 0.1) is 0 Å². The number of hydrogen-bond acceptors (Lipinski definition) is 5. The number of carboxylic acids is 1. The second kappa shape index (κ2) is 13.0. The van der Waals surface area contributed by atoms with Gasteiger partial charge in [0.1, 0.15) is 6.04 Å². The van der Waals surface area contributed by atoms with Gasteiger partial charge in [-0.25, -0.2) is 4.79 Å². The lowest BCUT2D eigenvalue weighted by Crippen LogP contribution is -2.51. The van der Waals surface area contributed by atoms with E-state index in [1.807, 2.05) is 23.6 Å². The lowest BCUT2D eigenvalue weighted by molar-refractivity contribution is -0.138. The highest BCUT2D eigenvalue weighted by atomic mass is 16.4. The number of rotatable bonds is 7. The number of nitrogens with two attached hydrogens (primary N) is 2. The molecule has 0 aromatic heterocycles. The molecule has 1 atom stereocenters. The number of carbonyl (C=O) groups is 2. The first kappa shape index (κ1) is 22.6. The minimum Gasteiger partial charge on any atom is -0.480 e. The van der Waals surface area contributed by atoms with Crippen LogP contribution in [0.25, 0.3) is 0 Å². The third kappa shape index (κ3) is 9.05. The van der Waals surface area contributed by atoms with Gasteiger partial charge in [-0.15, -0.1) is 0 Å². The maximum atomic E-state index is 11.9. The first-order valence-electron chi connectivity index (χ1n) is 8.78. The van der Waals surface area contributed by atoms with Crippen LogP contribution in [0.5, 0.6) is 0 Å². The molecule has 0 spiro atoms. The normalized spacial score (nSPS) is 16.1. The van der Waals surface area contributed by atoms with Crippen LogP contribution in [0.1, 0.15) is 33.1 Å². The molecule has 5 N–H and O–H groups in total. The molecule has 0 bridgehead atoms. The number of aliphatic carboxylic acids is 1. The molecule has 0 aromatic rings. The lowest BCUT2D eigenvalue weighted by Gasteiger charge is -2.35. The summed E-state index contributed by atoms with van der Waals surface area (Å²) in [6.45, 7) is 9.99. The number of amides is 2. The first-order valence-corrected chi connectivity index (χ1v) is 8.78. The van der Waals surface area contributed by atoms with Gasteiger partial charge in [0.25, 0.3) is 0 Å². The number of hydrogen-bond donors (Lipinski definition) is 3. The van der Waals surface area contributed by atoms with Gasteiger partial charge in [-0.05, 0) is 40.3 Å². The Morgan fingerprint density at radius 1 is 1.12 bits per heavy atom. The van der Waals surface area contributed by atoms with E-state index in [4.69, 9.17) is 16.6 Å². The van der Waals surface area contributed by atoms with E-state index in [2.05, 4.69) is 11.9 Å². The maximum absolute atomic E-state index is 11.9. The summed E-state index contributed by atoms with van der Waals surface area (Å²) < 4.78 is 0. The summed E-state index contributed by atoms with van der Waals surface area (Å²) in [5.41, 5.74) is 10.4. The molecule has 1 saturated heterocycles. The van der Waals surface area contributed by atoms with Crippen LogP contribution in [0.4, 0.5) is 4.79 Å². The smallest absolute Gasteiger partial charge is 0.320 e. The molecular formula is C16H35N5O3. The molecule has 0 unspecified atom stereocenters. The summed E-state index contributed by atoms with van der Waals surface area (Å²) in [5.74, 6) is -0.933. The van der Waals surface area contributed by atoms with Crippen molar-refractivity contribution >= 4 is 12.0 Å². The molecule has 0 aliphatic carbocycles. The summed E-state index contributed by atoms with van der Waals surface area (Å²) >= 11 is 0. The van der Waals surface area contributed by atoms with E-state index in [0.717, 1.165) is 52.1 Å². The number of nitrogens with zero attached hydrogens (tertiary/aromatic N) is 3. The Hall–Kier alpha value is -1.38. The zero-order valence-corrected chi connectivity index (χ0v) is 15.4. The van der Waals surface area contributed by atoms with Crippen molar-refractivity contribution in [1.82, 2.24) is 14.7 Å². The van der Waals surface area contributed by atoms with Gasteiger partial charge in [0, 0.05) is 39.3 Å². The first-order chi connectivity index (χ1) is 11.4. The predicted octanol–water partition coefficient (Wildman–Crippen LogP) is 0.223. The molecule has 0 aromatic carbocycles. The maximum Gasteiger partial charge on any atom is 0.320 e. The predicted molar refractivity (Wildman–Crippen MR) is 95.9 cm³/mol. The van der Waals surface area contributed by atoms with Gasteiger partial charge >= 0.3 is 12.0 Å². The topological polar surface area (TPSA) is 116 Å². The third-order valence-electron chi connectivity index (χ3n) is 4.09. The number of piperazine rings is 1. The average molecular weight is 345 g/mol. The van der Waals surface area contributed by atoms with E-state index in [1.165, 1.54) is 0 Å². The number of carboxylic acid groups (broad SMARTS) is 1. The minimum absolute atomic E-state index is 0.197. The molecule has 1 heterocycles. The van der Waals surface area contributed by atoms with Gasteiger partial charge in [0.15, 0.2) is 0 Å². The molecule has 0 saturated carbocycles. The van der Waals surface area contributed by atoms with Crippen LogP contribution >= 0.6 is 0 Å². The van der Waals surface area contributed by atoms with Gasteiger partial charge < -0.3 is 31.3 Å². The summed E-state index contributed by atoms with van der Waals surface area (Å²) in [6, 6.07) is -0.519. The summed E-state index contributed by atoms with van der Waals surface area (Å²) in [4.78, 5) is 28.1. The molecule has 1 fully saturated rings. The van der Waals surface area contributed by atoms with Gasteiger partial charge in [-0.3, -0.25) is 4.79 Å². The molecule has 2 amide bonds. The van der Waals surface area contributed by atoms with E-state index in [1.54, 1.807) is 0 Å². The Labute approximate surface area is 145 Å². The molecular weight excluding hydrogens is 310 g/mol. The van der Waals surface area contributed by atoms with Crippen molar-refractivity contribution in [3.63, 3.8) is 0 Å². The second-order valence-corrected chi connectivity index (χ2v) is 5.97. The Morgan fingerprint density at radius 2 is 1.67 bits per heavy atom. The molecule has 8 nitrogen and oxygen atoms in total. The highest BCUT2D eigenvalue weighted by molar-refractivity contribution is 5.74. The van der Waals surface area contributed by atoms with Crippen LogP contribution in [0, 0.1) is 0 Å². The largest absolute Gasteiger partial charge is 0.480 e. The van der Waals surface area contributed by atoms with E-state index >= 15 is 0 Å². The van der Waals surface area contributed by atoms with Crippen molar-refractivity contribution in [1.29, 1.82) is 0 Å². The van der Waals surface area contributed by atoms with Crippen LogP contribution < -0.4 is 11.5 Å². The van der Waals surface area contributed by atoms with E-state index in [0.29, 0.717) is 13.0 Å². The van der Waals surface area contributed by atoms with Crippen LogP contribution in [-0.2, 0) is 4.79 Å². The molecule has 0 radical (unpaired) electrons. The van der Waals surface area contributed by atoms with E-state index in [-0.39, 0.29) is 6.03 Å². The number of likely N-dealkylation sites (N-methyl/N-ethyl adjacent to an activating group) is 1. The SMILES string of the molecule is CCN(CC)C(=O)N1CCN(C)CC1.NCCCC[C@H](N)C(=O)O. The zero-order valence-electron chi connectivity index (χ0n) is 15.4. The van der Waals surface area contributed by atoms with E-state index in [9.17, 15) is 9.59 Å². The number of carbonyl (C=O) groups excluding carboxylic acids is 1. The monoisotopic (exact) mass is 345 g/mol. The second-order valence-electron chi connectivity index (χ2n) is 5.97. The fraction of sp³-hybridized carbons (Fsp3) is 0.875. The van der Waals surface area contributed by atoms with Crippen LogP contribution in [-0.4, -0.2) is 90.7 Å². The standard InChI is InChI=1S/C10H21N3O.C6H14N2O2/c1-4-12(5-2)10(14)13-8-6-11(3)7-9-13;7-4-2-1-3-5(8)6(9)10/h4-9H2,1-3H3;5H,1-4,7-8H2,(H,9,10)/t;5-/m.0/s1. The Balaban J connectivity index is 0.000000470. The van der Waals surface area contributed by atoms with Crippen LogP contribution in [0.3, 0.4) is 0 Å². The molecule has 1 aliphatic rings. The molecule has 24 heavy (non-hydrogen) atoms. The molecule has 142 valence electrons. The van der Waals surface area contributed by atoms with Gasteiger partial charge in [0.2, 0.25) is 0 Å². The van der Waals surface area contributed by atoms with Crippen molar-refractivity contribution in [2.45, 2.75) is 39.2 Å². The van der Waals surface area contributed by atoms with Gasteiger partial charge in [-0.2, -0.15) is 0 Å². The number of urea groups is 1. The van der Waals surface area contributed by atoms with Crippen LogP contribution in [0.15, 0.2) is 0 Å². The van der Waals surface area contributed by atoms with Crippen molar-refractivity contribution < 1.29 is 14.7 Å². The minimum atomic E-state index is -0.933. The Kier molecular flexibility index (Phi) is 12.2. The summed E-state index contributed by atoms with van der Waals surface area (Å²) in [7, 11) is 2.10. The fourth-order valence-electron chi connectivity index (χ4n) is 2.32. The molecule has 1 aliphatic heterocycles. The van der Waals surface area contributed by atoms with Crippen LogP contribution in [0.2, 0.25) is 0 Å². The summed E-state index contributed by atoms with van der Waals surface area (Å²) in [5, 5.41) is 8.33. The number of unbranched alkanes of at least 4 members (excludes halogenated alkanes) is 1. The third-order valence-corrected chi connectivity index (χ3v) is 4.09. The molecule has 1 rings (SSSR count). The van der Waals surface area contributed by atoms with Crippen molar-refractivity contribution in [2.75, 3.05) is 52.9 Å². The van der Waals surface area contributed by atoms with Crippen molar-refractivity contribution in [3.05, 3.63) is 0 Å². The zero-order chi connectivity index (χ0) is 18.5. The van der Waals surface area contributed by atoms with Gasteiger partial charge in [-0.1, -0.05) is 6.42 Å².